The molecule has 19 heavy (non-hydrogen) atoms. The summed E-state index contributed by atoms with van der Waals surface area (Å²) < 4.78 is 5.30. The zero-order valence-electron chi connectivity index (χ0n) is 13.1. The number of rotatable bonds is 8. The fraction of sp³-hybridized carbons (Fsp3) is 1.00. The third-order valence-corrected chi connectivity index (χ3v) is 4.92. The Bertz CT molecular complexity index is 263. The van der Waals surface area contributed by atoms with Crippen molar-refractivity contribution in [2.45, 2.75) is 51.5 Å². The highest BCUT2D eigenvalue weighted by molar-refractivity contribution is 4.94. The van der Waals surface area contributed by atoms with Crippen LogP contribution >= 0.6 is 0 Å². The molecule has 2 fully saturated rings. The Morgan fingerprint density at radius 1 is 1.32 bits per heavy atom. The topological polar surface area (TPSA) is 24.5 Å². The molecule has 0 radical (unpaired) electrons. The van der Waals surface area contributed by atoms with Crippen LogP contribution in [0.3, 0.4) is 0 Å². The van der Waals surface area contributed by atoms with Crippen LogP contribution in [0.25, 0.3) is 0 Å². The molecule has 2 rings (SSSR count). The fourth-order valence-electron chi connectivity index (χ4n) is 3.97. The Kier molecular flexibility index (Phi) is 5.67. The van der Waals surface area contributed by atoms with Gasteiger partial charge in [0.15, 0.2) is 0 Å². The van der Waals surface area contributed by atoms with Crippen molar-refractivity contribution in [3.05, 3.63) is 0 Å². The molecule has 0 spiro atoms. The molecule has 2 aliphatic rings. The molecule has 1 N–H and O–H groups in total. The zero-order valence-corrected chi connectivity index (χ0v) is 13.1. The maximum Gasteiger partial charge on any atom is 0.0589 e. The molecule has 3 nitrogen and oxygen atoms in total. The number of nitrogens with zero attached hydrogens (tertiary/aromatic N) is 1. The molecule has 3 heteroatoms. The van der Waals surface area contributed by atoms with Crippen molar-refractivity contribution in [2.24, 2.45) is 11.3 Å². The average Bonchev–Trinajstić information content (AvgIpc) is 3.19. The van der Waals surface area contributed by atoms with Crippen LogP contribution in [0.2, 0.25) is 0 Å². The molecule has 0 aliphatic heterocycles. The Labute approximate surface area is 119 Å². The van der Waals surface area contributed by atoms with Gasteiger partial charge in [0.05, 0.1) is 6.61 Å². The summed E-state index contributed by atoms with van der Waals surface area (Å²) in [5, 5.41) is 3.46. The first-order valence-corrected chi connectivity index (χ1v) is 8.07. The molecule has 0 aromatic rings. The van der Waals surface area contributed by atoms with Gasteiger partial charge in [-0.25, -0.2) is 0 Å². The van der Waals surface area contributed by atoms with Crippen molar-refractivity contribution < 1.29 is 4.74 Å². The van der Waals surface area contributed by atoms with Crippen LogP contribution < -0.4 is 5.32 Å². The minimum Gasteiger partial charge on any atom is -0.383 e. The van der Waals surface area contributed by atoms with Gasteiger partial charge in [-0.05, 0) is 44.1 Å². The summed E-state index contributed by atoms with van der Waals surface area (Å²) in [7, 11) is 3.93. The fourth-order valence-corrected chi connectivity index (χ4v) is 3.97. The van der Waals surface area contributed by atoms with E-state index in [1.54, 1.807) is 0 Å². The number of ether oxygens (including phenoxy) is 1. The van der Waals surface area contributed by atoms with Crippen LogP contribution in [-0.2, 0) is 4.74 Å². The molecule has 0 saturated heterocycles. The van der Waals surface area contributed by atoms with Crippen LogP contribution in [-0.4, -0.2) is 51.3 Å². The molecular formula is C16H32N2O. The van der Waals surface area contributed by atoms with E-state index in [-0.39, 0.29) is 0 Å². The summed E-state index contributed by atoms with van der Waals surface area (Å²) in [6, 6.07) is 0.848. The standard InChI is InChI=1S/C16H32N2O/c1-14-5-4-8-16(11-14,12-17-2)13-18(9-10-19-3)15-6-7-15/h14-15,17H,4-13H2,1-3H3. The van der Waals surface area contributed by atoms with Crippen LogP contribution in [0, 0.1) is 11.3 Å². The smallest absolute Gasteiger partial charge is 0.0589 e. The van der Waals surface area contributed by atoms with E-state index >= 15 is 0 Å². The predicted octanol–water partition coefficient (Wildman–Crippen LogP) is 2.51. The van der Waals surface area contributed by atoms with Gasteiger partial charge < -0.3 is 10.1 Å². The van der Waals surface area contributed by atoms with E-state index in [1.165, 1.54) is 51.6 Å². The van der Waals surface area contributed by atoms with Crippen LogP contribution in [0.1, 0.15) is 45.4 Å². The van der Waals surface area contributed by atoms with E-state index in [9.17, 15) is 0 Å². The highest BCUT2D eigenvalue weighted by atomic mass is 16.5. The van der Waals surface area contributed by atoms with Gasteiger partial charge in [-0.2, -0.15) is 0 Å². The summed E-state index contributed by atoms with van der Waals surface area (Å²) >= 11 is 0. The van der Waals surface area contributed by atoms with Gasteiger partial charge in [-0.15, -0.1) is 0 Å². The molecule has 0 heterocycles. The second kappa shape index (κ2) is 7.05. The summed E-state index contributed by atoms with van der Waals surface area (Å²) in [5.41, 5.74) is 0.503. The number of nitrogens with one attached hydrogen (secondary N) is 1. The van der Waals surface area contributed by atoms with Crippen molar-refractivity contribution in [2.75, 3.05) is 40.4 Å². The van der Waals surface area contributed by atoms with Crippen LogP contribution in [0.15, 0.2) is 0 Å². The molecule has 2 aliphatic carbocycles. The Morgan fingerprint density at radius 2 is 2.11 bits per heavy atom. The molecule has 2 unspecified atom stereocenters. The molecular weight excluding hydrogens is 236 g/mol. The second-order valence-corrected chi connectivity index (χ2v) is 6.93. The lowest BCUT2D eigenvalue weighted by Crippen LogP contribution is -2.47. The minimum atomic E-state index is 0.503. The monoisotopic (exact) mass is 268 g/mol. The summed E-state index contributed by atoms with van der Waals surface area (Å²) in [4.78, 5) is 2.71. The molecule has 2 saturated carbocycles. The Morgan fingerprint density at radius 3 is 2.68 bits per heavy atom. The lowest BCUT2D eigenvalue weighted by atomic mass is 9.69. The van der Waals surface area contributed by atoms with E-state index < -0.39 is 0 Å². The van der Waals surface area contributed by atoms with Crippen molar-refractivity contribution in [1.82, 2.24) is 10.2 Å². The van der Waals surface area contributed by atoms with Gasteiger partial charge in [-0.1, -0.05) is 19.8 Å². The SMILES string of the molecule is CNCC1(CN(CCOC)C2CC2)CCCC(C)C1. The van der Waals surface area contributed by atoms with Crippen LogP contribution in [0.5, 0.6) is 0 Å². The first kappa shape index (κ1) is 15.3. The summed E-state index contributed by atoms with van der Waals surface area (Å²) in [5.74, 6) is 0.894. The first-order valence-electron chi connectivity index (χ1n) is 8.07. The van der Waals surface area contributed by atoms with Gasteiger partial charge in [0.25, 0.3) is 0 Å². The van der Waals surface area contributed by atoms with Gasteiger partial charge in [-0.3, -0.25) is 4.90 Å². The van der Waals surface area contributed by atoms with Gasteiger partial charge >= 0.3 is 0 Å². The zero-order chi connectivity index (χ0) is 13.7. The van der Waals surface area contributed by atoms with E-state index in [2.05, 4.69) is 24.2 Å². The summed E-state index contributed by atoms with van der Waals surface area (Å²) in [6.45, 7) is 6.86. The van der Waals surface area contributed by atoms with E-state index in [4.69, 9.17) is 4.74 Å². The molecule has 0 aromatic carbocycles. The second-order valence-electron chi connectivity index (χ2n) is 6.93. The van der Waals surface area contributed by atoms with Crippen molar-refractivity contribution >= 4 is 0 Å². The Balaban J connectivity index is 1.96. The lowest BCUT2D eigenvalue weighted by Gasteiger charge is -2.43. The lowest BCUT2D eigenvalue weighted by molar-refractivity contribution is 0.0607. The first-order chi connectivity index (χ1) is 9.19. The predicted molar refractivity (Wildman–Crippen MR) is 80.5 cm³/mol. The van der Waals surface area contributed by atoms with E-state index in [0.29, 0.717) is 5.41 Å². The van der Waals surface area contributed by atoms with Crippen molar-refractivity contribution in [3.8, 4) is 0 Å². The third kappa shape index (κ3) is 4.44. The molecule has 112 valence electrons. The largest absolute Gasteiger partial charge is 0.383 e. The third-order valence-electron chi connectivity index (χ3n) is 4.92. The normalized spacial score (nSPS) is 31.9. The number of hydrogen-bond donors (Lipinski definition) is 1. The number of methoxy groups -OCH3 is 1. The molecule has 0 bridgehead atoms. The molecule has 2 atom stereocenters. The van der Waals surface area contributed by atoms with Gasteiger partial charge in [0.2, 0.25) is 0 Å². The highest BCUT2D eigenvalue weighted by Gasteiger charge is 2.39. The van der Waals surface area contributed by atoms with Crippen molar-refractivity contribution in [1.29, 1.82) is 0 Å². The van der Waals surface area contributed by atoms with Gasteiger partial charge in [0, 0.05) is 32.8 Å². The van der Waals surface area contributed by atoms with Crippen molar-refractivity contribution in [3.63, 3.8) is 0 Å². The summed E-state index contributed by atoms with van der Waals surface area (Å²) in [6.07, 6.45) is 8.42. The molecule has 0 aromatic heterocycles. The van der Waals surface area contributed by atoms with Crippen LogP contribution in [0.4, 0.5) is 0 Å². The van der Waals surface area contributed by atoms with Gasteiger partial charge in [0.1, 0.15) is 0 Å². The van der Waals surface area contributed by atoms with E-state index in [1.807, 2.05) is 7.11 Å². The van der Waals surface area contributed by atoms with E-state index in [0.717, 1.165) is 25.1 Å². The molecule has 0 amide bonds. The maximum atomic E-state index is 5.30. The highest BCUT2D eigenvalue weighted by Crippen LogP contribution is 2.41. The average molecular weight is 268 g/mol. The number of hydrogen-bond acceptors (Lipinski definition) is 3. The Hall–Kier alpha value is -0.120. The quantitative estimate of drug-likeness (QED) is 0.732. The maximum absolute atomic E-state index is 5.30. The minimum absolute atomic E-state index is 0.503.